The molecule has 0 aliphatic carbocycles. The van der Waals surface area contributed by atoms with Crippen LogP contribution in [0.1, 0.15) is 40.0 Å². The van der Waals surface area contributed by atoms with E-state index in [4.69, 9.17) is 4.74 Å². The van der Waals surface area contributed by atoms with Gasteiger partial charge in [-0.3, -0.25) is 0 Å². The summed E-state index contributed by atoms with van der Waals surface area (Å²) >= 11 is 0. The van der Waals surface area contributed by atoms with Crippen LogP contribution in [-0.4, -0.2) is 52.4 Å². The van der Waals surface area contributed by atoms with E-state index in [1.165, 1.54) is 9.79 Å². The Bertz CT molecular complexity index is 780. The van der Waals surface area contributed by atoms with Crippen molar-refractivity contribution in [2.45, 2.75) is 67.6 Å². The SMILES string of the molecule is CC(C)(C)OC(=O)N1CCC[C@H]1C[C@H](O)CS(C)(c1ccccc1)c1ccccc1. The second-order valence-electron chi connectivity index (χ2n) is 9.24. The Kier molecular flexibility index (Phi) is 7.14. The van der Waals surface area contributed by atoms with E-state index < -0.39 is 21.7 Å². The maximum absolute atomic E-state index is 12.6. The summed E-state index contributed by atoms with van der Waals surface area (Å²) in [5.41, 5.74) is -0.508. The fourth-order valence-corrected chi connectivity index (χ4v) is 7.26. The molecule has 0 spiro atoms. The summed E-state index contributed by atoms with van der Waals surface area (Å²) in [5, 5.41) is 11.1. The van der Waals surface area contributed by atoms with E-state index in [0.717, 1.165) is 12.8 Å². The number of benzene rings is 2. The normalized spacial score (nSPS) is 18.8. The number of hydrogen-bond donors (Lipinski definition) is 1. The first-order chi connectivity index (χ1) is 14.2. The molecule has 1 saturated heterocycles. The number of likely N-dealkylation sites (tertiary alicyclic amines) is 1. The number of rotatable bonds is 6. The van der Waals surface area contributed by atoms with Crippen molar-refractivity contribution in [2.75, 3.05) is 18.6 Å². The maximum atomic E-state index is 12.6. The summed E-state index contributed by atoms with van der Waals surface area (Å²) in [6, 6.07) is 21.0. The summed E-state index contributed by atoms with van der Waals surface area (Å²) in [6.45, 7) is 6.37. The highest BCUT2D eigenvalue weighted by Gasteiger charge is 2.35. The van der Waals surface area contributed by atoms with Gasteiger partial charge < -0.3 is 14.7 Å². The van der Waals surface area contributed by atoms with E-state index in [1.54, 1.807) is 0 Å². The Morgan fingerprint density at radius 1 is 1.10 bits per heavy atom. The van der Waals surface area contributed by atoms with Crippen molar-refractivity contribution in [3.63, 3.8) is 0 Å². The highest BCUT2D eigenvalue weighted by Crippen LogP contribution is 2.60. The summed E-state index contributed by atoms with van der Waals surface area (Å²) < 4.78 is 5.58. The van der Waals surface area contributed by atoms with Gasteiger partial charge in [-0.25, -0.2) is 4.79 Å². The van der Waals surface area contributed by atoms with Crippen LogP contribution >= 0.6 is 10.0 Å². The van der Waals surface area contributed by atoms with Gasteiger partial charge in [0.15, 0.2) is 0 Å². The number of ether oxygens (including phenoxy) is 1. The van der Waals surface area contributed by atoms with Gasteiger partial charge in [-0.15, -0.1) is 0 Å². The molecule has 164 valence electrons. The second-order valence-corrected chi connectivity index (χ2v) is 12.7. The minimum absolute atomic E-state index is 0.0325. The van der Waals surface area contributed by atoms with Gasteiger partial charge in [0.1, 0.15) is 5.60 Å². The molecule has 1 amide bonds. The highest BCUT2D eigenvalue weighted by atomic mass is 32.3. The Labute approximate surface area is 182 Å². The van der Waals surface area contributed by atoms with Crippen LogP contribution in [0.5, 0.6) is 0 Å². The van der Waals surface area contributed by atoms with Gasteiger partial charge in [0.25, 0.3) is 0 Å². The third kappa shape index (κ3) is 5.58. The van der Waals surface area contributed by atoms with Gasteiger partial charge in [0, 0.05) is 18.3 Å². The molecule has 4 nitrogen and oxygen atoms in total. The van der Waals surface area contributed by atoms with Crippen LogP contribution in [0.4, 0.5) is 4.79 Å². The van der Waals surface area contributed by atoms with E-state index in [-0.39, 0.29) is 12.1 Å². The Morgan fingerprint density at radius 3 is 2.13 bits per heavy atom. The number of carbonyl (C=O) groups is 1. The smallest absolute Gasteiger partial charge is 0.410 e. The van der Waals surface area contributed by atoms with E-state index in [0.29, 0.717) is 18.7 Å². The maximum Gasteiger partial charge on any atom is 0.410 e. The van der Waals surface area contributed by atoms with Crippen LogP contribution in [0.3, 0.4) is 0 Å². The molecular weight excluding hydrogens is 394 g/mol. The summed E-state index contributed by atoms with van der Waals surface area (Å²) in [4.78, 5) is 17.0. The van der Waals surface area contributed by atoms with Gasteiger partial charge in [0.2, 0.25) is 0 Å². The molecule has 0 aromatic heterocycles. The average molecular weight is 430 g/mol. The number of aliphatic hydroxyl groups is 1. The number of aliphatic hydroxyl groups excluding tert-OH is 1. The topological polar surface area (TPSA) is 49.8 Å². The molecule has 0 saturated carbocycles. The predicted molar refractivity (Wildman–Crippen MR) is 124 cm³/mol. The van der Waals surface area contributed by atoms with Gasteiger partial charge >= 0.3 is 6.09 Å². The molecule has 2 aromatic rings. The minimum atomic E-state index is -1.39. The molecular formula is C25H35NO3S. The molecule has 2 atom stereocenters. The molecule has 1 heterocycles. The zero-order valence-electron chi connectivity index (χ0n) is 18.6. The molecule has 0 radical (unpaired) electrons. The van der Waals surface area contributed by atoms with Crippen molar-refractivity contribution in [1.29, 1.82) is 0 Å². The number of hydrogen-bond acceptors (Lipinski definition) is 3. The van der Waals surface area contributed by atoms with Crippen molar-refractivity contribution in [2.24, 2.45) is 0 Å². The van der Waals surface area contributed by atoms with E-state index in [2.05, 4.69) is 54.8 Å². The lowest BCUT2D eigenvalue weighted by atomic mass is 10.1. The molecule has 1 fully saturated rings. The molecule has 3 rings (SSSR count). The lowest BCUT2D eigenvalue weighted by molar-refractivity contribution is 0.0188. The van der Waals surface area contributed by atoms with Gasteiger partial charge in [-0.05, 0) is 80.3 Å². The van der Waals surface area contributed by atoms with Gasteiger partial charge in [0.05, 0.1) is 6.10 Å². The fourth-order valence-electron chi connectivity index (χ4n) is 4.18. The Hall–Kier alpha value is -1.98. The third-order valence-electron chi connectivity index (χ3n) is 5.60. The molecule has 5 heteroatoms. The van der Waals surface area contributed by atoms with Crippen LogP contribution in [0.15, 0.2) is 70.5 Å². The largest absolute Gasteiger partial charge is 0.444 e. The quantitative estimate of drug-likeness (QED) is 0.642. The van der Waals surface area contributed by atoms with Crippen molar-refractivity contribution in [1.82, 2.24) is 4.90 Å². The summed E-state index contributed by atoms with van der Waals surface area (Å²) in [7, 11) is -1.39. The summed E-state index contributed by atoms with van der Waals surface area (Å²) in [5.74, 6) is 0.680. The van der Waals surface area contributed by atoms with Crippen molar-refractivity contribution in [3.05, 3.63) is 60.7 Å². The second kappa shape index (κ2) is 9.44. The van der Waals surface area contributed by atoms with Crippen LogP contribution in [0.25, 0.3) is 0 Å². The number of carbonyl (C=O) groups excluding carboxylic acids is 1. The first-order valence-electron chi connectivity index (χ1n) is 10.7. The zero-order valence-corrected chi connectivity index (χ0v) is 19.4. The Morgan fingerprint density at radius 2 is 1.63 bits per heavy atom. The molecule has 30 heavy (non-hydrogen) atoms. The standard InChI is InChI=1S/C25H35NO3S/c1-25(2,3)29-24(28)26-17-11-12-20(26)18-21(27)19-30(4,22-13-7-5-8-14-22)23-15-9-6-10-16-23/h5-10,13-16,20-21,27H,11-12,17-19H2,1-4H3/t20-,21-/m0/s1. The molecule has 1 N–H and O–H groups in total. The first kappa shape index (κ1) is 22.7. The van der Waals surface area contributed by atoms with E-state index >= 15 is 0 Å². The molecule has 0 unspecified atom stereocenters. The van der Waals surface area contributed by atoms with Crippen molar-refractivity contribution in [3.8, 4) is 0 Å². The minimum Gasteiger partial charge on any atom is -0.444 e. The predicted octanol–water partition coefficient (Wildman–Crippen LogP) is 5.69. The van der Waals surface area contributed by atoms with Crippen LogP contribution in [-0.2, 0) is 4.74 Å². The van der Waals surface area contributed by atoms with Crippen molar-refractivity contribution >= 4 is 16.1 Å². The lowest BCUT2D eigenvalue weighted by Gasteiger charge is -2.39. The fraction of sp³-hybridized carbons (Fsp3) is 0.480. The Balaban J connectivity index is 1.75. The molecule has 1 aliphatic rings. The van der Waals surface area contributed by atoms with Gasteiger partial charge in [-0.1, -0.05) is 36.4 Å². The van der Waals surface area contributed by atoms with Crippen LogP contribution < -0.4 is 0 Å². The monoisotopic (exact) mass is 429 g/mol. The highest BCUT2D eigenvalue weighted by molar-refractivity contribution is 8.33. The third-order valence-corrected chi connectivity index (χ3v) is 9.28. The molecule has 0 bridgehead atoms. The number of nitrogens with zero attached hydrogens (tertiary/aromatic N) is 1. The first-order valence-corrected chi connectivity index (χ1v) is 12.9. The van der Waals surface area contributed by atoms with Gasteiger partial charge in [-0.2, -0.15) is 10.0 Å². The molecule has 2 aromatic carbocycles. The van der Waals surface area contributed by atoms with E-state index in [9.17, 15) is 9.90 Å². The molecule has 1 aliphatic heterocycles. The van der Waals surface area contributed by atoms with E-state index in [1.807, 2.05) is 37.8 Å². The zero-order chi connectivity index (χ0) is 21.8. The lowest BCUT2D eigenvalue weighted by Crippen LogP contribution is -2.41. The number of amides is 1. The van der Waals surface area contributed by atoms with Crippen molar-refractivity contribution < 1.29 is 14.6 Å². The summed E-state index contributed by atoms with van der Waals surface area (Å²) in [6.07, 6.45) is 3.98. The average Bonchev–Trinajstić information content (AvgIpc) is 3.16. The van der Waals surface area contributed by atoms with Crippen LogP contribution in [0.2, 0.25) is 0 Å². The van der Waals surface area contributed by atoms with Crippen LogP contribution in [0, 0.1) is 0 Å².